The molecule has 1 aliphatic heterocycles. The minimum Gasteiger partial charge on any atom is -0.481 e. The number of carboxylic acid groups (broad SMARTS) is 1. The Morgan fingerprint density at radius 3 is 2.50 bits per heavy atom. The topological polar surface area (TPSA) is 58.6 Å². The van der Waals surface area contributed by atoms with E-state index in [0.29, 0.717) is 13.2 Å². The van der Waals surface area contributed by atoms with Gasteiger partial charge in [0.25, 0.3) is 0 Å². The van der Waals surface area contributed by atoms with E-state index in [1.807, 2.05) is 0 Å². The fourth-order valence-corrected chi connectivity index (χ4v) is 0.973. The van der Waals surface area contributed by atoms with E-state index < -0.39 is 5.97 Å². The van der Waals surface area contributed by atoms with Crippen molar-refractivity contribution < 1.29 is 14.6 Å². The van der Waals surface area contributed by atoms with Crippen molar-refractivity contribution in [1.82, 2.24) is 5.32 Å². The molecule has 58 valence electrons. The molecule has 0 amide bonds. The summed E-state index contributed by atoms with van der Waals surface area (Å²) in [6.07, 6.45) is 0.142. The Hall–Kier alpha value is -0.610. The Bertz CT molecular complexity index is 136. The second-order valence-corrected chi connectivity index (χ2v) is 2.59. The number of carboxylic acids is 1. The summed E-state index contributed by atoms with van der Waals surface area (Å²) in [4.78, 5) is 10.3. The molecule has 1 saturated heterocycles. The minimum absolute atomic E-state index is 0.142. The van der Waals surface area contributed by atoms with Gasteiger partial charge in [-0.2, -0.15) is 0 Å². The molecule has 4 heteroatoms. The first-order valence-corrected chi connectivity index (χ1v) is 3.17. The van der Waals surface area contributed by atoms with E-state index in [0.717, 1.165) is 0 Å². The summed E-state index contributed by atoms with van der Waals surface area (Å²) in [7, 11) is 1.76. The molecule has 0 aromatic carbocycles. The van der Waals surface area contributed by atoms with E-state index in [-0.39, 0.29) is 12.0 Å². The van der Waals surface area contributed by atoms with Gasteiger partial charge in [-0.25, -0.2) is 0 Å². The van der Waals surface area contributed by atoms with E-state index >= 15 is 0 Å². The first-order valence-electron chi connectivity index (χ1n) is 3.17. The van der Waals surface area contributed by atoms with Crippen LogP contribution in [0.5, 0.6) is 0 Å². The lowest BCUT2D eigenvalue weighted by atomic mass is 9.94. The van der Waals surface area contributed by atoms with Crippen molar-refractivity contribution in [3.05, 3.63) is 0 Å². The van der Waals surface area contributed by atoms with E-state index in [2.05, 4.69) is 5.32 Å². The molecular formula is C6H11NO3. The van der Waals surface area contributed by atoms with Gasteiger partial charge in [-0.1, -0.05) is 0 Å². The molecule has 0 saturated carbocycles. The lowest BCUT2D eigenvalue weighted by Gasteiger charge is -2.39. The van der Waals surface area contributed by atoms with Crippen molar-refractivity contribution in [3.8, 4) is 0 Å². The van der Waals surface area contributed by atoms with Gasteiger partial charge in [0, 0.05) is 0 Å². The average Bonchev–Trinajstić information content (AvgIpc) is 1.78. The van der Waals surface area contributed by atoms with Crippen molar-refractivity contribution >= 4 is 5.97 Å². The molecule has 1 rings (SSSR count). The molecule has 0 aromatic heterocycles. The third-order valence-electron chi connectivity index (χ3n) is 1.78. The summed E-state index contributed by atoms with van der Waals surface area (Å²) in [5.74, 6) is -0.780. The van der Waals surface area contributed by atoms with Gasteiger partial charge in [0.05, 0.1) is 25.2 Å². The van der Waals surface area contributed by atoms with Crippen molar-refractivity contribution in [2.45, 2.75) is 12.0 Å². The van der Waals surface area contributed by atoms with Gasteiger partial charge in [0.1, 0.15) is 0 Å². The van der Waals surface area contributed by atoms with Crippen LogP contribution in [0.1, 0.15) is 6.42 Å². The third-order valence-corrected chi connectivity index (χ3v) is 1.78. The van der Waals surface area contributed by atoms with E-state index in [1.165, 1.54) is 0 Å². The average molecular weight is 145 g/mol. The number of aliphatic carboxylic acids is 1. The molecule has 0 bridgehead atoms. The summed E-state index contributed by atoms with van der Waals surface area (Å²) in [6, 6.07) is 0. The van der Waals surface area contributed by atoms with Crippen LogP contribution in [0.3, 0.4) is 0 Å². The van der Waals surface area contributed by atoms with Gasteiger partial charge < -0.3 is 15.2 Å². The zero-order chi connectivity index (χ0) is 7.61. The van der Waals surface area contributed by atoms with Crippen molar-refractivity contribution in [1.29, 1.82) is 0 Å². The van der Waals surface area contributed by atoms with Gasteiger partial charge in [-0.15, -0.1) is 0 Å². The van der Waals surface area contributed by atoms with Crippen LogP contribution >= 0.6 is 0 Å². The normalized spacial score (nSPS) is 21.7. The molecule has 0 aromatic rings. The van der Waals surface area contributed by atoms with Gasteiger partial charge in [-0.05, 0) is 7.05 Å². The Morgan fingerprint density at radius 2 is 2.40 bits per heavy atom. The van der Waals surface area contributed by atoms with Crippen LogP contribution in [0.4, 0.5) is 0 Å². The molecular weight excluding hydrogens is 134 g/mol. The molecule has 0 atom stereocenters. The molecule has 0 aliphatic carbocycles. The summed E-state index contributed by atoms with van der Waals surface area (Å²) in [5, 5.41) is 11.4. The lowest BCUT2D eigenvalue weighted by Crippen LogP contribution is -2.60. The first-order chi connectivity index (χ1) is 4.68. The predicted octanol–water partition coefficient (Wildman–Crippen LogP) is -0.551. The molecule has 1 aliphatic rings. The highest BCUT2D eigenvalue weighted by atomic mass is 16.5. The van der Waals surface area contributed by atoms with Crippen LogP contribution in [-0.4, -0.2) is 36.9 Å². The van der Waals surface area contributed by atoms with Gasteiger partial charge in [0.2, 0.25) is 0 Å². The highest BCUT2D eigenvalue weighted by molar-refractivity contribution is 5.68. The zero-order valence-corrected chi connectivity index (χ0v) is 5.89. The standard InChI is InChI=1S/C6H11NO3/c1-7-6(2-5(8)9)3-10-4-6/h7H,2-4H2,1H3,(H,8,9). The second-order valence-electron chi connectivity index (χ2n) is 2.59. The van der Waals surface area contributed by atoms with Crippen LogP contribution in [-0.2, 0) is 9.53 Å². The summed E-state index contributed by atoms with van der Waals surface area (Å²) in [6.45, 7) is 1.02. The highest BCUT2D eigenvalue weighted by Crippen LogP contribution is 2.19. The van der Waals surface area contributed by atoms with Crippen LogP contribution < -0.4 is 5.32 Å². The van der Waals surface area contributed by atoms with Crippen LogP contribution in [0.25, 0.3) is 0 Å². The smallest absolute Gasteiger partial charge is 0.305 e. The maximum atomic E-state index is 10.3. The first kappa shape index (κ1) is 7.50. The number of hydrogen-bond donors (Lipinski definition) is 2. The zero-order valence-electron chi connectivity index (χ0n) is 5.89. The van der Waals surface area contributed by atoms with E-state index in [4.69, 9.17) is 9.84 Å². The maximum Gasteiger partial charge on any atom is 0.305 e. The van der Waals surface area contributed by atoms with Crippen LogP contribution in [0.2, 0.25) is 0 Å². The molecule has 0 unspecified atom stereocenters. The molecule has 1 heterocycles. The quantitative estimate of drug-likeness (QED) is 0.559. The summed E-state index contributed by atoms with van der Waals surface area (Å²) < 4.78 is 4.90. The van der Waals surface area contributed by atoms with Gasteiger partial charge in [-0.3, -0.25) is 4.79 Å². The largest absolute Gasteiger partial charge is 0.481 e. The molecule has 10 heavy (non-hydrogen) atoms. The SMILES string of the molecule is CNC1(CC(=O)O)COC1. The van der Waals surface area contributed by atoms with Gasteiger partial charge in [0.15, 0.2) is 0 Å². The minimum atomic E-state index is -0.780. The Kier molecular flexibility index (Phi) is 1.92. The number of nitrogens with one attached hydrogen (secondary N) is 1. The highest BCUT2D eigenvalue weighted by Gasteiger charge is 2.38. The molecule has 2 N–H and O–H groups in total. The fraction of sp³-hybridized carbons (Fsp3) is 0.833. The molecule has 0 radical (unpaired) electrons. The summed E-state index contributed by atoms with van der Waals surface area (Å²) in [5.41, 5.74) is -0.286. The maximum absolute atomic E-state index is 10.3. The van der Waals surface area contributed by atoms with Crippen molar-refractivity contribution in [2.24, 2.45) is 0 Å². The fourth-order valence-electron chi connectivity index (χ4n) is 0.973. The second kappa shape index (κ2) is 2.56. The number of rotatable bonds is 3. The molecule has 0 spiro atoms. The van der Waals surface area contributed by atoms with Crippen molar-refractivity contribution in [2.75, 3.05) is 20.3 Å². The third kappa shape index (κ3) is 1.27. The number of carbonyl (C=O) groups is 1. The Balaban J connectivity index is 2.40. The van der Waals surface area contributed by atoms with E-state index in [9.17, 15) is 4.79 Å². The van der Waals surface area contributed by atoms with Gasteiger partial charge >= 0.3 is 5.97 Å². The molecule has 1 fully saturated rings. The monoisotopic (exact) mass is 145 g/mol. The van der Waals surface area contributed by atoms with E-state index in [1.54, 1.807) is 7.05 Å². The summed E-state index contributed by atoms with van der Waals surface area (Å²) >= 11 is 0. The Labute approximate surface area is 59.2 Å². The number of likely N-dealkylation sites (N-methyl/N-ethyl adjacent to an activating group) is 1. The number of hydrogen-bond acceptors (Lipinski definition) is 3. The number of ether oxygens (including phenoxy) is 1. The Morgan fingerprint density at radius 1 is 1.80 bits per heavy atom. The lowest BCUT2D eigenvalue weighted by molar-refractivity contribution is -0.146. The predicted molar refractivity (Wildman–Crippen MR) is 34.9 cm³/mol. The molecule has 4 nitrogen and oxygen atoms in total. The van der Waals surface area contributed by atoms with Crippen LogP contribution in [0.15, 0.2) is 0 Å². The van der Waals surface area contributed by atoms with Crippen molar-refractivity contribution in [3.63, 3.8) is 0 Å². The van der Waals surface area contributed by atoms with Crippen LogP contribution in [0, 0.1) is 0 Å².